The molecule has 0 aliphatic heterocycles. The van der Waals surface area contributed by atoms with E-state index in [1.54, 1.807) is 0 Å². The third-order valence-corrected chi connectivity index (χ3v) is 3.94. The van der Waals surface area contributed by atoms with E-state index in [9.17, 15) is 0 Å². The summed E-state index contributed by atoms with van der Waals surface area (Å²) in [6, 6.07) is 9.21. The molecule has 1 aromatic rings. The predicted octanol–water partition coefficient (Wildman–Crippen LogP) is 3.26. The van der Waals surface area contributed by atoms with E-state index in [2.05, 4.69) is 46.4 Å². The van der Waals surface area contributed by atoms with Gasteiger partial charge < -0.3 is 10.4 Å². The van der Waals surface area contributed by atoms with Gasteiger partial charge in [-0.1, -0.05) is 28.1 Å². The van der Waals surface area contributed by atoms with E-state index in [0.717, 1.165) is 16.8 Å². The van der Waals surface area contributed by atoms with E-state index < -0.39 is 0 Å². The van der Waals surface area contributed by atoms with Crippen LogP contribution in [0.15, 0.2) is 28.7 Å². The number of nitrogens with one attached hydrogen (secondary N) is 1. The molecule has 1 fully saturated rings. The molecule has 0 amide bonds. The highest BCUT2D eigenvalue weighted by molar-refractivity contribution is 9.10. The summed E-state index contributed by atoms with van der Waals surface area (Å²) >= 11 is 3.50. The summed E-state index contributed by atoms with van der Waals surface area (Å²) in [6.07, 6.45) is 3.48. The SMILES string of the molecule is CC(NC(CCO)C1CC1)c1cccc(Br)c1. The summed E-state index contributed by atoms with van der Waals surface area (Å²) in [4.78, 5) is 0. The highest BCUT2D eigenvalue weighted by atomic mass is 79.9. The van der Waals surface area contributed by atoms with Gasteiger partial charge in [0.2, 0.25) is 0 Å². The van der Waals surface area contributed by atoms with Crippen molar-refractivity contribution in [2.24, 2.45) is 5.92 Å². The molecule has 94 valence electrons. The molecule has 2 rings (SSSR count). The Morgan fingerprint density at radius 1 is 1.47 bits per heavy atom. The molecule has 0 spiro atoms. The van der Waals surface area contributed by atoms with Crippen molar-refractivity contribution in [3.8, 4) is 0 Å². The normalized spacial score (nSPS) is 19.0. The van der Waals surface area contributed by atoms with Gasteiger partial charge >= 0.3 is 0 Å². The lowest BCUT2D eigenvalue weighted by Gasteiger charge is -2.23. The zero-order valence-corrected chi connectivity index (χ0v) is 11.8. The van der Waals surface area contributed by atoms with Gasteiger partial charge in [0.25, 0.3) is 0 Å². The Bertz CT molecular complexity index is 365. The molecule has 17 heavy (non-hydrogen) atoms. The van der Waals surface area contributed by atoms with E-state index in [-0.39, 0.29) is 6.61 Å². The average molecular weight is 298 g/mol. The molecule has 0 bridgehead atoms. The van der Waals surface area contributed by atoms with Crippen LogP contribution in [0.2, 0.25) is 0 Å². The molecule has 1 aromatic carbocycles. The number of rotatable bonds is 6. The summed E-state index contributed by atoms with van der Waals surface area (Å²) in [6.45, 7) is 2.47. The molecular weight excluding hydrogens is 278 g/mol. The fraction of sp³-hybridized carbons (Fsp3) is 0.571. The van der Waals surface area contributed by atoms with Crippen LogP contribution in [0, 0.1) is 5.92 Å². The van der Waals surface area contributed by atoms with Crippen LogP contribution in [0.5, 0.6) is 0 Å². The minimum atomic E-state index is 0.277. The highest BCUT2D eigenvalue weighted by Crippen LogP contribution is 2.35. The van der Waals surface area contributed by atoms with Crippen LogP contribution in [0.1, 0.15) is 37.8 Å². The Labute approximate surface area is 112 Å². The molecule has 2 unspecified atom stereocenters. The van der Waals surface area contributed by atoms with E-state index >= 15 is 0 Å². The molecule has 1 aliphatic carbocycles. The second-order valence-electron chi connectivity index (χ2n) is 4.90. The van der Waals surface area contributed by atoms with Crippen LogP contribution in [0.4, 0.5) is 0 Å². The van der Waals surface area contributed by atoms with E-state index in [1.165, 1.54) is 18.4 Å². The first-order chi connectivity index (χ1) is 8.20. The van der Waals surface area contributed by atoms with Crippen molar-refractivity contribution in [1.29, 1.82) is 0 Å². The zero-order valence-electron chi connectivity index (χ0n) is 10.2. The average Bonchev–Trinajstić information content (AvgIpc) is 3.12. The van der Waals surface area contributed by atoms with Crippen LogP contribution in [-0.4, -0.2) is 17.8 Å². The van der Waals surface area contributed by atoms with E-state index in [4.69, 9.17) is 5.11 Å². The molecule has 0 saturated heterocycles. The molecule has 3 heteroatoms. The van der Waals surface area contributed by atoms with Crippen molar-refractivity contribution < 1.29 is 5.11 Å². The molecule has 1 aliphatic rings. The van der Waals surface area contributed by atoms with Crippen LogP contribution in [0.3, 0.4) is 0 Å². The maximum Gasteiger partial charge on any atom is 0.0445 e. The van der Waals surface area contributed by atoms with Crippen molar-refractivity contribution in [3.05, 3.63) is 34.3 Å². The summed E-state index contributed by atoms with van der Waals surface area (Å²) in [5, 5.41) is 12.7. The molecule has 0 heterocycles. The first-order valence-corrected chi connectivity index (χ1v) is 7.12. The number of hydrogen-bond donors (Lipinski definition) is 2. The Morgan fingerprint density at radius 3 is 2.82 bits per heavy atom. The first-order valence-electron chi connectivity index (χ1n) is 6.33. The topological polar surface area (TPSA) is 32.3 Å². The van der Waals surface area contributed by atoms with Crippen LogP contribution in [-0.2, 0) is 0 Å². The van der Waals surface area contributed by atoms with Crippen molar-refractivity contribution in [1.82, 2.24) is 5.32 Å². The second kappa shape index (κ2) is 5.98. The van der Waals surface area contributed by atoms with Crippen LogP contribution < -0.4 is 5.32 Å². The summed E-state index contributed by atoms with van der Waals surface area (Å²) in [5.41, 5.74) is 1.29. The Morgan fingerprint density at radius 2 is 2.24 bits per heavy atom. The van der Waals surface area contributed by atoms with Gasteiger partial charge in [-0.05, 0) is 49.8 Å². The summed E-state index contributed by atoms with van der Waals surface area (Å²) in [5.74, 6) is 0.775. The summed E-state index contributed by atoms with van der Waals surface area (Å²) in [7, 11) is 0. The van der Waals surface area contributed by atoms with Gasteiger partial charge in [-0.25, -0.2) is 0 Å². The van der Waals surface area contributed by atoms with Crippen LogP contribution >= 0.6 is 15.9 Å². The van der Waals surface area contributed by atoms with Crippen molar-refractivity contribution in [2.75, 3.05) is 6.61 Å². The molecule has 0 radical (unpaired) electrons. The monoisotopic (exact) mass is 297 g/mol. The Balaban J connectivity index is 1.96. The lowest BCUT2D eigenvalue weighted by molar-refractivity contribution is 0.250. The van der Waals surface area contributed by atoms with Gasteiger partial charge in [0.05, 0.1) is 0 Å². The number of hydrogen-bond acceptors (Lipinski definition) is 2. The standard InChI is InChI=1S/C14H20BrNO/c1-10(12-3-2-4-13(15)9-12)16-14(7-8-17)11-5-6-11/h2-4,9-11,14,16-17H,5-8H2,1H3. The fourth-order valence-electron chi connectivity index (χ4n) is 2.29. The van der Waals surface area contributed by atoms with Gasteiger partial charge in [0.1, 0.15) is 0 Å². The first kappa shape index (κ1) is 13.1. The fourth-order valence-corrected chi connectivity index (χ4v) is 2.70. The maximum absolute atomic E-state index is 9.09. The molecular formula is C14H20BrNO. The quantitative estimate of drug-likeness (QED) is 0.845. The van der Waals surface area contributed by atoms with Gasteiger partial charge in [-0.3, -0.25) is 0 Å². The van der Waals surface area contributed by atoms with E-state index in [1.807, 2.05) is 6.07 Å². The Kier molecular flexibility index (Phi) is 4.60. The maximum atomic E-state index is 9.09. The van der Waals surface area contributed by atoms with Crippen molar-refractivity contribution in [3.63, 3.8) is 0 Å². The number of halogens is 1. The highest BCUT2D eigenvalue weighted by Gasteiger charge is 2.31. The van der Waals surface area contributed by atoms with E-state index in [0.29, 0.717) is 12.1 Å². The lowest BCUT2D eigenvalue weighted by atomic mass is 10.0. The minimum absolute atomic E-state index is 0.277. The van der Waals surface area contributed by atoms with Gasteiger partial charge in [0.15, 0.2) is 0 Å². The molecule has 2 atom stereocenters. The molecule has 2 N–H and O–H groups in total. The number of aliphatic hydroxyl groups is 1. The van der Waals surface area contributed by atoms with Crippen LogP contribution in [0.25, 0.3) is 0 Å². The predicted molar refractivity (Wildman–Crippen MR) is 73.9 cm³/mol. The van der Waals surface area contributed by atoms with Crippen molar-refractivity contribution in [2.45, 2.75) is 38.3 Å². The summed E-state index contributed by atoms with van der Waals surface area (Å²) < 4.78 is 1.12. The second-order valence-corrected chi connectivity index (χ2v) is 5.82. The number of aliphatic hydroxyl groups excluding tert-OH is 1. The molecule has 1 saturated carbocycles. The zero-order chi connectivity index (χ0) is 12.3. The number of benzene rings is 1. The largest absolute Gasteiger partial charge is 0.396 e. The van der Waals surface area contributed by atoms with Gasteiger partial charge in [0, 0.05) is 23.2 Å². The third-order valence-electron chi connectivity index (χ3n) is 3.44. The molecule has 0 aromatic heterocycles. The third kappa shape index (κ3) is 3.80. The van der Waals surface area contributed by atoms with Crippen molar-refractivity contribution >= 4 is 15.9 Å². The smallest absolute Gasteiger partial charge is 0.0445 e. The molecule has 2 nitrogen and oxygen atoms in total. The minimum Gasteiger partial charge on any atom is -0.396 e. The van der Waals surface area contributed by atoms with Gasteiger partial charge in [-0.2, -0.15) is 0 Å². The van der Waals surface area contributed by atoms with Gasteiger partial charge in [-0.15, -0.1) is 0 Å². The Hall–Kier alpha value is -0.380. The lowest BCUT2D eigenvalue weighted by Crippen LogP contribution is -2.34.